The summed E-state index contributed by atoms with van der Waals surface area (Å²) in [5.41, 5.74) is 1.81. The predicted octanol–water partition coefficient (Wildman–Crippen LogP) is 4.27. The summed E-state index contributed by atoms with van der Waals surface area (Å²) in [6.45, 7) is 1.70. The molecule has 0 radical (unpaired) electrons. The zero-order valence-electron chi connectivity index (χ0n) is 14.2. The molecule has 26 heavy (non-hydrogen) atoms. The minimum Gasteiger partial charge on any atom is -0.374 e. The molecule has 2 aromatic rings. The zero-order valence-corrected chi connectivity index (χ0v) is 14.9. The summed E-state index contributed by atoms with van der Waals surface area (Å²) in [6.07, 6.45) is 1.88. The summed E-state index contributed by atoms with van der Waals surface area (Å²) in [5.74, 6) is -0.680. The van der Waals surface area contributed by atoms with Gasteiger partial charge < -0.3 is 16.0 Å². The molecule has 1 unspecified atom stereocenters. The van der Waals surface area contributed by atoms with Gasteiger partial charge in [0.05, 0.1) is 5.02 Å². The van der Waals surface area contributed by atoms with Gasteiger partial charge in [0.1, 0.15) is 11.9 Å². The van der Waals surface area contributed by atoms with E-state index < -0.39 is 11.9 Å². The lowest BCUT2D eigenvalue weighted by atomic mass is 10.2. The lowest BCUT2D eigenvalue weighted by molar-refractivity contribution is -0.117. The SMILES string of the molecule is CC(Nc1cccc(NC(=O)C2CC2)c1)C(=O)Nc1ccc(F)c(Cl)c1. The molecular weight excluding hydrogens is 357 g/mol. The summed E-state index contributed by atoms with van der Waals surface area (Å²) in [7, 11) is 0. The summed E-state index contributed by atoms with van der Waals surface area (Å²) < 4.78 is 13.2. The van der Waals surface area contributed by atoms with Gasteiger partial charge in [0, 0.05) is 23.0 Å². The normalized spacial score (nSPS) is 14.4. The highest BCUT2D eigenvalue weighted by molar-refractivity contribution is 6.31. The van der Waals surface area contributed by atoms with E-state index in [1.165, 1.54) is 18.2 Å². The van der Waals surface area contributed by atoms with Crippen LogP contribution in [0.4, 0.5) is 21.5 Å². The Morgan fingerprint density at radius 1 is 1.08 bits per heavy atom. The number of carbonyl (C=O) groups is 2. The largest absolute Gasteiger partial charge is 0.374 e. The van der Waals surface area contributed by atoms with Gasteiger partial charge in [0.2, 0.25) is 11.8 Å². The van der Waals surface area contributed by atoms with E-state index in [0.717, 1.165) is 12.8 Å². The minimum atomic E-state index is -0.548. The summed E-state index contributed by atoms with van der Waals surface area (Å²) in [4.78, 5) is 24.1. The van der Waals surface area contributed by atoms with E-state index in [4.69, 9.17) is 11.6 Å². The molecule has 2 amide bonds. The lowest BCUT2D eigenvalue weighted by Crippen LogP contribution is -2.31. The van der Waals surface area contributed by atoms with Gasteiger partial charge in [0.15, 0.2) is 0 Å². The molecule has 2 aromatic carbocycles. The van der Waals surface area contributed by atoms with Crippen LogP contribution in [0.15, 0.2) is 42.5 Å². The average molecular weight is 376 g/mol. The van der Waals surface area contributed by atoms with Crippen molar-refractivity contribution in [3.63, 3.8) is 0 Å². The molecule has 7 heteroatoms. The minimum absolute atomic E-state index is 0.0288. The number of nitrogens with one attached hydrogen (secondary N) is 3. The fraction of sp³-hybridized carbons (Fsp3) is 0.263. The second kappa shape index (κ2) is 7.74. The molecule has 0 saturated heterocycles. The van der Waals surface area contributed by atoms with Gasteiger partial charge in [0.25, 0.3) is 0 Å². The summed E-state index contributed by atoms with van der Waals surface area (Å²) in [5, 5.41) is 8.57. The van der Waals surface area contributed by atoms with Gasteiger partial charge in [-0.2, -0.15) is 0 Å². The Balaban J connectivity index is 1.59. The molecule has 1 saturated carbocycles. The first-order chi connectivity index (χ1) is 12.4. The predicted molar refractivity (Wildman–Crippen MR) is 101 cm³/mol. The Kier molecular flexibility index (Phi) is 5.42. The van der Waals surface area contributed by atoms with Crippen molar-refractivity contribution in [2.45, 2.75) is 25.8 Å². The molecule has 0 bridgehead atoms. The molecule has 5 nitrogen and oxygen atoms in total. The molecule has 1 fully saturated rings. The number of halogens is 2. The van der Waals surface area contributed by atoms with Crippen molar-refractivity contribution in [2.75, 3.05) is 16.0 Å². The number of carbonyl (C=O) groups excluding carboxylic acids is 2. The molecule has 0 heterocycles. The van der Waals surface area contributed by atoms with E-state index in [2.05, 4.69) is 16.0 Å². The van der Waals surface area contributed by atoms with Crippen LogP contribution in [-0.4, -0.2) is 17.9 Å². The fourth-order valence-corrected chi connectivity index (χ4v) is 2.60. The molecule has 1 atom stereocenters. The van der Waals surface area contributed by atoms with Crippen LogP contribution >= 0.6 is 11.6 Å². The Bertz CT molecular complexity index is 839. The van der Waals surface area contributed by atoms with Gasteiger partial charge >= 0.3 is 0 Å². The van der Waals surface area contributed by atoms with Crippen molar-refractivity contribution in [3.05, 3.63) is 53.3 Å². The molecule has 136 valence electrons. The van der Waals surface area contributed by atoms with E-state index in [9.17, 15) is 14.0 Å². The van der Waals surface area contributed by atoms with Crippen molar-refractivity contribution < 1.29 is 14.0 Å². The maximum absolute atomic E-state index is 13.2. The third-order valence-electron chi connectivity index (χ3n) is 4.04. The number of hydrogen-bond donors (Lipinski definition) is 3. The van der Waals surface area contributed by atoms with Crippen molar-refractivity contribution in [3.8, 4) is 0 Å². The van der Waals surface area contributed by atoms with Crippen LogP contribution in [0.1, 0.15) is 19.8 Å². The van der Waals surface area contributed by atoms with Crippen LogP contribution in [0.3, 0.4) is 0 Å². The molecule has 3 N–H and O–H groups in total. The van der Waals surface area contributed by atoms with Crippen LogP contribution < -0.4 is 16.0 Å². The zero-order chi connectivity index (χ0) is 18.7. The highest BCUT2D eigenvalue weighted by Gasteiger charge is 2.29. The van der Waals surface area contributed by atoms with Crippen LogP contribution in [0.2, 0.25) is 5.02 Å². The first-order valence-corrected chi connectivity index (χ1v) is 8.73. The first kappa shape index (κ1) is 18.2. The maximum Gasteiger partial charge on any atom is 0.246 e. The van der Waals surface area contributed by atoms with Crippen LogP contribution in [0.25, 0.3) is 0 Å². The number of hydrogen-bond acceptors (Lipinski definition) is 3. The van der Waals surface area contributed by atoms with Gasteiger partial charge in [-0.05, 0) is 56.2 Å². The second-order valence-electron chi connectivity index (χ2n) is 6.33. The van der Waals surface area contributed by atoms with E-state index in [-0.39, 0.29) is 22.8 Å². The van der Waals surface area contributed by atoms with E-state index in [1.807, 2.05) is 6.07 Å². The van der Waals surface area contributed by atoms with Gasteiger partial charge in [-0.3, -0.25) is 9.59 Å². The Morgan fingerprint density at radius 2 is 1.77 bits per heavy atom. The first-order valence-electron chi connectivity index (χ1n) is 8.36. The van der Waals surface area contributed by atoms with Gasteiger partial charge in [-0.1, -0.05) is 17.7 Å². The number of rotatable bonds is 6. The topological polar surface area (TPSA) is 70.2 Å². The molecule has 1 aliphatic rings. The van der Waals surface area contributed by atoms with E-state index in [1.54, 1.807) is 25.1 Å². The van der Waals surface area contributed by atoms with E-state index in [0.29, 0.717) is 17.1 Å². The molecule has 1 aliphatic carbocycles. The van der Waals surface area contributed by atoms with Crippen molar-refractivity contribution >= 4 is 40.5 Å². The van der Waals surface area contributed by atoms with Gasteiger partial charge in [-0.25, -0.2) is 4.39 Å². The Labute approximate surface area is 155 Å². The van der Waals surface area contributed by atoms with Gasteiger partial charge in [-0.15, -0.1) is 0 Å². The lowest BCUT2D eigenvalue weighted by Gasteiger charge is -2.16. The van der Waals surface area contributed by atoms with Crippen LogP contribution in [0.5, 0.6) is 0 Å². The monoisotopic (exact) mass is 375 g/mol. The van der Waals surface area contributed by atoms with Crippen LogP contribution in [-0.2, 0) is 9.59 Å². The van der Waals surface area contributed by atoms with Crippen LogP contribution in [0, 0.1) is 11.7 Å². The van der Waals surface area contributed by atoms with Crippen molar-refractivity contribution in [2.24, 2.45) is 5.92 Å². The molecular formula is C19H19ClFN3O2. The third-order valence-corrected chi connectivity index (χ3v) is 4.33. The maximum atomic E-state index is 13.2. The Morgan fingerprint density at radius 3 is 2.46 bits per heavy atom. The smallest absolute Gasteiger partial charge is 0.246 e. The molecule has 3 rings (SSSR count). The molecule has 0 aliphatic heterocycles. The van der Waals surface area contributed by atoms with Crippen molar-refractivity contribution in [1.29, 1.82) is 0 Å². The van der Waals surface area contributed by atoms with E-state index >= 15 is 0 Å². The Hall–Kier alpha value is -2.60. The molecule has 0 spiro atoms. The highest BCUT2D eigenvalue weighted by Crippen LogP contribution is 2.30. The molecule has 0 aromatic heterocycles. The number of anilines is 3. The third kappa shape index (κ3) is 4.73. The quantitative estimate of drug-likeness (QED) is 0.706. The number of amides is 2. The average Bonchev–Trinajstić information content (AvgIpc) is 3.43. The fourth-order valence-electron chi connectivity index (χ4n) is 2.42. The second-order valence-corrected chi connectivity index (χ2v) is 6.74. The number of benzene rings is 2. The summed E-state index contributed by atoms with van der Waals surface area (Å²) in [6, 6.07) is 10.6. The highest BCUT2D eigenvalue weighted by atomic mass is 35.5. The standard InChI is InChI=1S/C19H19ClFN3O2/c1-11(18(25)23-15-7-8-17(21)16(20)10-15)22-13-3-2-4-14(9-13)24-19(26)12-5-6-12/h2-4,7-12,22H,5-6H2,1H3,(H,23,25)(H,24,26). The summed E-state index contributed by atoms with van der Waals surface area (Å²) >= 11 is 5.72. The van der Waals surface area contributed by atoms with Crippen molar-refractivity contribution in [1.82, 2.24) is 0 Å².